The van der Waals surface area contributed by atoms with Crippen LogP contribution in [0.25, 0.3) is 0 Å². The number of morpholine rings is 1. The van der Waals surface area contributed by atoms with Gasteiger partial charge in [-0.2, -0.15) is 0 Å². The topological polar surface area (TPSA) is 70.1 Å². The number of aliphatic hydroxyl groups is 1. The summed E-state index contributed by atoms with van der Waals surface area (Å²) < 4.78 is 5.10. The van der Waals surface area contributed by atoms with Crippen LogP contribution >= 0.6 is 0 Å². The third-order valence-corrected chi connectivity index (χ3v) is 5.31. The van der Waals surface area contributed by atoms with E-state index in [0.29, 0.717) is 13.2 Å². The van der Waals surface area contributed by atoms with E-state index >= 15 is 0 Å². The molecular formula is C16H26N2O4. The van der Waals surface area contributed by atoms with Crippen molar-refractivity contribution in [3.8, 4) is 0 Å². The van der Waals surface area contributed by atoms with Gasteiger partial charge in [-0.1, -0.05) is 12.8 Å². The summed E-state index contributed by atoms with van der Waals surface area (Å²) in [5.41, 5.74) is 0. The molecule has 0 aromatic rings. The van der Waals surface area contributed by atoms with Gasteiger partial charge < -0.3 is 19.6 Å². The van der Waals surface area contributed by atoms with E-state index in [1.807, 2.05) is 4.90 Å². The molecule has 3 rings (SSSR count). The molecule has 0 radical (unpaired) electrons. The zero-order chi connectivity index (χ0) is 15.5. The molecule has 2 amide bonds. The largest absolute Gasteiger partial charge is 0.393 e. The second-order valence-electron chi connectivity index (χ2n) is 6.68. The van der Waals surface area contributed by atoms with Crippen molar-refractivity contribution >= 4 is 11.8 Å². The highest BCUT2D eigenvalue weighted by Gasteiger charge is 2.39. The Bertz CT molecular complexity index is 428. The Morgan fingerprint density at radius 1 is 1.18 bits per heavy atom. The lowest BCUT2D eigenvalue weighted by Gasteiger charge is -2.38. The van der Waals surface area contributed by atoms with Gasteiger partial charge in [0.25, 0.3) is 0 Å². The molecule has 0 aromatic heterocycles. The van der Waals surface area contributed by atoms with Crippen LogP contribution in [-0.4, -0.2) is 71.7 Å². The molecule has 1 saturated carbocycles. The van der Waals surface area contributed by atoms with Crippen LogP contribution < -0.4 is 0 Å². The maximum atomic E-state index is 12.6. The van der Waals surface area contributed by atoms with Crippen molar-refractivity contribution in [3.63, 3.8) is 0 Å². The van der Waals surface area contributed by atoms with Crippen LogP contribution in [-0.2, 0) is 14.3 Å². The van der Waals surface area contributed by atoms with Crippen molar-refractivity contribution in [3.05, 3.63) is 0 Å². The van der Waals surface area contributed by atoms with Crippen molar-refractivity contribution < 1.29 is 19.4 Å². The minimum absolute atomic E-state index is 0.0236. The molecule has 1 aliphatic carbocycles. The van der Waals surface area contributed by atoms with Gasteiger partial charge in [0, 0.05) is 25.0 Å². The van der Waals surface area contributed by atoms with Crippen LogP contribution in [0.3, 0.4) is 0 Å². The lowest BCUT2D eigenvalue weighted by molar-refractivity contribution is -0.149. The lowest BCUT2D eigenvalue weighted by atomic mass is 9.80. The fraction of sp³-hybridized carbons (Fsp3) is 0.875. The van der Waals surface area contributed by atoms with Gasteiger partial charge in [0.05, 0.1) is 19.3 Å². The standard InChI is InChI=1S/C16H26N2O4/c19-14-6-2-1-4-12(14)13-5-3-7-18(13)15(20)10-17-8-9-22-11-16(17)21/h12-14,19H,1-11H2/t12-,13+,14+/m0/s1. The fourth-order valence-electron chi connectivity index (χ4n) is 4.11. The Morgan fingerprint density at radius 2 is 2.00 bits per heavy atom. The lowest BCUT2D eigenvalue weighted by Crippen LogP contribution is -2.51. The number of likely N-dealkylation sites (tertiary alicyclic amines) is 1. The van der Waals surface area contributed by atoms with Crippen LogP contribution in [0.2, 0.25) is 0 Å². The molecule has 3 aliphatic rings. The van der Waals surface area contributed by atoms with Gasteiger partial charge in [-0.15, -0.1) is 0 Å². The summed E-state index contributed by atoms with van der Waals surface area (Å²) in [6.07, 6.45) is 5.78. The van der Waals surface area contributed by atoms with Crippen molar-refractivity contribution in [1.82, 2.24) is 9.80 Å². The maximum absolute atomic E-state index is 12.6. The van der Waals surface area contributed by atoms with Crippen LogP contribution in [0.15, 0.2) is 0 Å². The number of hydrogen-bond acceptors (Lipinski definition) is 4. The molecular weight excluding hydrogens is 284 g/mol. The molecule has 2 heterocycles. The molecule has 0 spiro atoms. The normalized spacial score (nSPS) is 33.3. The second kappa shape index (κ2) is 6.96. The predicted molar refractivity (Wildman–Crippen MR) is 80.1 cm³/mol. The van der Waals surface area contributed by atoms with Crippen LogP contribution in [0.5, 0.6) is 0 Å². The second-order valence-corrected chi connectivity index (χ2v) is 6.68. The van der Waals surface area contributed by atoms with Gasteiger partial charge in [-0.3, -0.25) is 9.59 Å². The summed E-state index contributed by atoms with van der Waals surface area (Å²) in [5, 5.41) is 10.3. The van der Waals surface area contributed by atoms with E-state index < -0.39 is 0 Å². The molecule has 0 aromatic carbocycles. The number of rotatable bonds is 3. The molecule has 124 valence electrons. The maximum Gasteiger partial charge on any atom is 0.249 e. The number of carbonyl (C=O) groups is 2. The van der Waals surface area contributed by atoms with E-state index in [4.69, 9.17) is 4.74 Å². The molecule has 0 unspecified atom stereocenters. The average Bonchev–Trinajstić information content (AvgIpc) is 2.99. The Morgan fingerprint density at radius 3 is 2.77 bits per heavy atom. The average molecular weight is 310 g/mol. The SMILES string of the molecule is O=C1COCCN1CC(=O)N1CCC[C@@H]1[C@@H]1CCCC[C@H]1O. The number of ether oxygens (including phenoxy) is 1. The van der Waals surface area contributed by atoms with E-state index in [0.717, 1.165) is 45.1 Å². The summed E-state index contributed by atoms with van der Waals surface area (Å²) in [5.74, 6) is 0.129. The Hall–Kier alpha value is -1.14. The molecule has 6 nitrogen and oxygen atoms in total. The van der Waals surface area contributed by atoms with Crippen molar-refractivity contribution in [2.24, 2.45) is 5.92 Å². The molecule has 3 fully saturated rings. The number of hydrogen-bond donors (Lipinski definition) is 1. The van der Waals surface area contributed by atoms with Gasteiger partial charge >= 0.3 is 0 Å². The molecule has 2 aliphatic heterocycles. The van der Waals surface area contributed by atoms with Gasteiger partial charge in [-0.05, 0) is 25.7 Å². The Balaban J connectivity index is 1.62. The highest BCUT2D eigenvalue weighted by atomic mass is 16.5. The van der Waals surface area contributed by atoms with Crippen LogP contribution in [0, 0.1) is 5.92 Å². The van der Waals surface area contributed by atoms with Crippen molar-refractivity contribution in [2.45, 2.75) is 50.7 Å². The molecule has 1 N–H and O–H groups in total. The zero-order valence-electron chi connectivity index (χ0n) is 13.1. The minimum atomic E-state index is -0.280. The first-order chi connectivity index (χ1) is 10.7. The third kappa shape index (κ3) is 3.27. The predicted octanol–water partition coefficient (Wildman–Crippen LogP) is 0.387. The molecule has 3 atom stereocenters. The Labute approximate surface area is 131 Å². The summed E-state index contributed by atoms with van der Waals surface area (Å²) in [4.78, 5) is 27.9. The molecule has 0 bridgehead atoms. The summed E-state index contributed by atoms with van der Waals surface area (Å²) in [7, 11) is 0. The first-order valence-corrected chi connectivity index (χ1v) is 8.50. The van der Waals surface area contributed by atoms with Crippen LogP contribution in [0.4, 0.5) is 0 Å². The molecule has 2 saturated heterocycles. The summed E-state index contributed by atoms with van der Waals surface area (Å²) in [6, 6.07) is 0.152. The van der Waals surface area contributed by atoms with Gasteiger partial charge in [0.2, 0.25) is 11.8 Å². The quantitative estimate of drug-likeness (QED) is 0.818. The van der Waals surface area contributed by atoms with Crippen molar-refractivity contribution in [1.29, 1.82) is 0 Å². The van der Waals surface area contributed by atoms with Gasteiger partial charge in [0.15, 0.2) is 0 Å². The monoisotopic (exact) mass is 310 g/mol. The van der Waals surface area contributed by atoms with E-state index in [-0.39, 0.29) is 43.0 Å². The van der Waals surface area contributed by atoms with Gasteiger partial charge in [-0.25, -0.2) is 0 Å². The molecule has 6 heteroatoms. The van der Waals surface area contributed by atoms with Crippen molar-refractivity contribution in [2.75, 3.05) is 32.8 Å². The van der Waals surface area contributed by atoms with Crippen LogP contribution in [0.1, 0.15) is 38.5 Å². The number of carbonyl (C=O) groups excluding carboxylic acids is 2. The summed E-state index contributed by atoms with van der Waals surface area (Å²) in [6.45, 7) is 1.99. The molecule has 22 heavy (non-hydrogen) atoms. The third-order valence-electron chi connectivity index (χ3n) is 5.31. The van der Waals surface area contributed by atoms with E-state index in [1.165, 1.54) is 0 Å². The first-order valence-electron chi connectivity index (χ1n) is 8.50. The smallest absolute Gasteiger partial charge is 0.249 e. The highest BCUT2D eigenvalue weighted by molar-refractivity contribution is 5.86. The highest BCUT2D eigenvalue weighted by Crippen LogP contribution is 2.34. The van der Waals surface area contributed by atoms with E-state index in [1.54, 1.807) is 4.90 Å². The van der Waals surface area contributed by atoms with Gasteiger partial charge in [0.1, 0.15) is 6.61 Å². The number of nitrogens with zero attached hydrogens (tertiary/aromatic N) is 2. The Kier molecular flexibility index (Phi) is 4.98. The van der Waals surface area contributed by atoms with E-state index in [2.05, 4.69) is 0 Å². The zero-order valence-corrected chi connectivity index (χ0v) is 13.1. The van der Waals surface area contributed by atoms with E-state index in [9.17, 15) is 14.7 Å². The summed E-state index contributed by atoms with van der Waals surface area (Å²) >= 11 is 0. The minimum Gasteiger partial charge on any atom is -0.393 e. The fourth-order valence-corrected chi connectivity index (χ4v) is 4.11. The first kappa shape index (κ1) is 15.7. The number of amides is 2. The number of aliphatic hydroxyl groups excluding tert-OH is 1.